The highest BCUT2D eigenvalue weighted by Crippen LogP contribution is 2.24. The van der Waals surface area contributed by atoms with Crippen LogP contribution < -0.4 is 10.6 Å². The zero-order chi connectivity index (χ0) is 16.2. The van der Waals surface area contributed by atoms with Gasteiger partial charge in [0.2, 0.25) is 0 Å². The first-order valence-electron chi connectivity index (χ1n) is 6.63. The normalized spacial score (nSPS) is 14.9. The van der Waals surface area contributed by atoms with Crippen LogP contribution in [0.25, 0.3) is 0 Å². The summed E-state index contributed by atoms with van der Waals surface area (Å²) in [6.07, 6.45) is 1.60. The van der Waals surface area contributed by atoms with Crippen LogP contribution in [0.3, 0.4) is 0 Å². The summed E-state index contributed by atoms with van der Waals surface area (Å²) in [7, 11) is -1.04. The molecule has 0 spiro atoms. The number of anilines is 1. The molecular weight excluding hydrogens is 320 g/mol. The van der Waals surface area contributed by atoms with Gasteiger partial charge in [0.05, 0.1) is 6.54 Å². The lowest BCUT2D eigenvalue weighted by Crippen LogP contribution is -2.40. The van der Waals surface area contributed by atoms with Gasteiger partial charge in [-0.2, -0.15) is 0 Å². The number of amides is 2. The van der Waals surface area contributed by atoms with Crippen LogP contribution in [-0.4, -0.2) is 28.1 Å². The van der Waals surface area contributed by atoms with Crippen molar-refractivity contribution in [2.45, 2.75) is 17.4 Å². The number of carbonyl (C=O) groups excluding carboxylic acids is 1. The van der Waals surface area contributed by atoms with E-state index in [0.717, 1.165) is 4.88 Å². The zero-order valence-corrected chi connectivity index (χ0v) is 14.0. The molecule has 22 heavy (non-hydrogen) atoms. The number of nitrogens with one attached hydrogen (secondary N) is 2. The number of rotatable bonds is 5. The Labute approximate surface area is 135 Å². The largest absolute Gasteiger partial charge is 0.383 e. The Bertz CT molecular complexity index is 652. The van der Waals surface area contributed by atoms with Crippen molar-refractivity contribution in [2.75, 3.05) is 18.1 Å². The van der Waals surface area contributed by atoms with Crippen molar-refractivity contribution < 1.29 is 14.1 Å². The first-order valence-corrected chi connectivity index (χ1v) is 9.07. The van der Waals surface area contributed by atoms with E-state index in [0.29, 0.717) is 10.6 Å². The van der Waals surface area contributed by atoms with Gasteiger partial charge in [-0.3, -0.25) is 4.21 Å². The summed E-state index contributed by atoms with van der Waals surface area (Å²) in [6, 6.07) is 10.1. The van der Waals surface area contributed by atoms with E-state index in [1.54, 1.807) is 37.4 Å². The number of urea groups is 1. The van der Waals surface area contributed by atoms with E-state index in [1.165, 1.54) is 11.3 Å². The number of thiophene rings is 1. The first kappa shape index (κ1) is 16.7. The summed E-state index contributed by atoms with van der Waals surface area (Å²) >= 11 is 1.44. The van der Waals surface area contributed by atoms with Crippen LogP contribution in [0.2, 0.25) is 0 Å². The molecule has 118 valence electrons. The number of hydrogen-bond acceptors (Lipinski definition) is 4. The lowest BCUT2D eigenvalue weighted by Gasteiger charge is -2.22. The lowest BCUT2D eigenvalue weighted by atomic mass is 10.1. The molecule has 1 aromatic heterocycles. The minimum Gasteiger partial charge on any atom is -0.383 e. The van der Waals surface area contributed by atoms with E-state index in [9.17, 15) is 14.1 Å². The van der Waals surface area contributed by atoms with Crippen LogP contribution in [0.4, 0.5) is 10.5 Å². The molecule has 0 fully saturated rings. The number of aliphatic hydroxyl groups is 1. The maximum absolute atomic E-state index is 11.9. The second-order valence-electron chi connectivity index (χ2n) is 5.04. The second-order valence-corrected chi connectivity index (χ2v) is 7.36. The van der Waals surface area contributed by atoms with Crippen LogP contribution in [0.1, 0.15) is 11.8 Å². The van der Waals surface area contributed by atoms with Crippen molar-refractivity contribution in [2.24, 2.45) is 0 Å². The first-order chi connectivity index (χ1) is 10.4. The van der Waals surface area contributed by atoms with Crippen molar-refractivity contribution in [1.82, 2.24) is 5.32 Å². The predicted octanol–water partition coefficient (Wildman–Crippen LogP) is 2.51. The van der Waals surface area contributed by atoms with E-state index >= 15 is 0 Å². The molecule has 0 aliphatic rings. The molecule has 3 N–H and O–H groups in total. The highest BCUT2D eigenvalue weighted by Gasteiger charge is 2.24. The summed E-state index contributed by atoms with van der Waals surface area (Å²) in [4.78, 5) is 13.4. The van der Waals surface area contributed by atoms with Crippen LogP contribution in [0.5, 0.6) is 0 Å². The third-order valence-corrected chi connectivity index (χ3v) is 5.15. The lowest BCUT2D eigenvalue weighted by molar-refractivity contribution is 0.0637. The van der Waals surface area contributed by atoms with Gasteiger partial charge >= 0.3 is 6.03 Å². The SMILES string of the molecule is CS(=O)c1ccc(NC(=O)NCC(C)(O)c2cccs2)cc1. The van der Waals surface area contributed by atoms with Gasteiger partial charge < -0.3 is 15.7 Å². The number of hydrogen-bond donors (Lipinski definition) is 3. The van der Waals surface area contributed by atoms with Crippen molar-refractivity contribution in [3.8, 4) is 0 Å². The summed E-state index contributed by atoms with van der Waals surface area (Å²) in [5.74, 6) is 0. The Hall–Kier alpha value is -1.70. The minimum atomic E-state index is -1.10. The predicted molar refractivity (Wildman–Crippen MR) is 89.7 cm³/mol. The molecule has 2 unspecified atom stereocenters. The van der Waals surface area contributed by atoms with E-state index in [2.05, 4.69) is 10.6 Å². The molecule has 0 radical (unpaired) electrons. The van der Waals surface area contributed by atoms with Crippen LogP contribution >= 0.6 is 11.3 Å². The van der Waals surface area contributed by atoms with Gasteiger partial charge in [0, 0.05) is 32.5 Å². The van der Waals surface area contributed by atoms with Gasteiger partial charge in [0.15, 0.2) is 0 Å². The fourth-order valence-electron chi connectivity index (χ4n) is 1.83. The molecule has 1 heterocycles. The molecule has 2 aromatic rings. The average molecular weight is 338 g/mol. The van der Waals surface area contributed by atoms with Crippen molar-refractivity contribution in [3.63, 3.8) is 0 Å². The average Bonchev–Trinajstić information content (AvgIpc) is 3.01. The second kappa shape index (κ2) is 7.04. The zero-order valence-electron chi connectivity index (χ0n) is 12.3. The maximum Gasteiger partial charge on any atom is 0.319 e. The molecule has 7 heteroatoms. The Kier molecular flexibility index (Phi) is 5.33. The monoisotopic (exact) mass is 338 g/mol. The van der Waals surface area contributed by atoms with Gasteiger partial charge in [0.25, 0.3) is 0 Å². The van der Waals surface area contributed by atoms with Crippen molar-refractivity contribution in [1.29, 1.82) is 0 Å². The third-order valence-electron chi connectivity index (χ3n) is 3.09. The van der Waals surface area contributed by atoms with Gasteiger partial charge in [-0.25, -0.2) is 4.79 Å². The number of carbonyl (C=O) groups is 1. The highest BCUT2D eigenvalue weighted by molar-refractivity contribution is 7.84. The Morgan fingerprint density at radius 3 is 2.55 bits per heavy atom. The molecule has 5 nitrogen and oxygen atoms in total. The summed E-state index contributed by atoms with van der Waals surface area (Å²) in [5.41, 5.74) is -0.503. The third kappa shape index (κ3) is 4.40. The topological polar surface area (TPSA) is 78.4 Å². The Morgan fingerprint density at radius 2 is 2.00 bits per heavy atom. The fraction of sp³-hybridized carbons (Fsp3) is 0.267. The van der Waals surface area contributed by atoms with E-state index in [-0.39, 0.29) is 6.54 Å². The molecule has 0 aliphatic carbocycles. The van der Waals surface area contributed by atoms with Gasteiger partial charge in [0.1, 0.15) is 5.60 Å². The minimum absolute atomic E-state index is 0.108. The van der Waals surface area contributed by atoms with Crippen molar-refractivity contribution >= 4 is 33.9 Å². The molecule has 0 aliphatic heterocycles. The standard InChI is InChI=1S/C15H18N2O3S2/c1-15(19,13-4-3-9-21-13)10-16-14(18)17-11-5-7-12(8-6-11)22(2)20/h3-9,19H,10H2,1-2H3,(H2,16,17,18). The molecule has 1 aromatic carbocycles. The van der Waals surface area contributed by atoms with E-state index < -0.39 is 22.4 Å². The molecular formula is C15H18N2O3S2. The van der Waals surface area contributed by atoms with Crippen molar-refractivity contribution in [3.05, 3.63) is 46.7 Å². The maximum atomic E-state index is 11.9. The molecule has 0 saturated heterocycles. The quantitative estimate of drug-likeness (QED) is 0.784. The molecule has 2 rings (SSSR count). The van der Waals surface area contributed by atoms with E-state index in [1.807, 2.05) is 17.5 Å². The van der Waals surface area contributed by atoms with Crippen LogP contribution in [0, 0.1) is 0 Å². The van der Waals surface area contributed by atoms with Gasteiger partial charge in [-0.1, -0.05) is 6.07 Å². The molecule has 2 atom stereocenters. The fourth-order valence-corrected chi connectivity index (χ4v) is 3.14. The molecule has 2 amide bonds. The van der Waals surface area contributed by atoms with Crippen LogP contribution in [0.15, 0.2) is 46.7 Å². The highest BCUT2D eigenvalue weighted by atomic mass is 32.2. The summed E-state index contributed by atoms with van der Waals surface area (Å²) in [6.45, 7) is 1.76. The molecule has 0 bridgehead atoms. The Morgan fingerprint density at radius 1 is 1.32 bits per heavy atom. The van der Waals surface area contributed by atoms with Gasteiger partial charge in [-0.15, -0.1) is 11.3 Å². The Balaban J connectivity index is 1.89. The summed E-state index contributed by atoms with van der Waals surface area (Å²) in [5, 5.41) is 17.5. The summed E-state index contributed by atoms with van der Waals surface area (Å²) < 4.78 is 11.3. The van der Waals surface area contributed by atoms with Gasteiger partial charge in [-0.05, 0) is 42.6 Å². The smallest absolute Gasteiger partial charge is 0.319 e. The molecule has 0 saturated carbocycles. The number of benzene rings is 1. The van der Waals surface area contributed by atoms with Crippen LogP contribution in [-0.2, 0) is 16.4 Å². The van der Waals surface area contributed by atoms with E-state index in [4.69, 9.17) is 0 Å².